The third-order valence-corrected chi connectivity index (χ3v) is 17.8. The fraction of sp³-hybridized carbons (Fsp3) is 0.0182. The molecule has 63 heavy (non-hydrogen) atoms. The molecule has 0 saturated heterocycles. The first-order valence-corrected chi connectivity index (χ1v) is 26.7. The second kappa shape index (κ2) is 26.4. The van der Waals surface area contributed by atoms with Crippen LogP contribution >= 0.6 is 23.8 Å². The zero-order valence-corrected chi connectivity index (χ0v) is 39.7. The second-order valence-electron chi connectivity index (χ2n) is 14.1. The maximum absolute atomic E-state index is 9.08. The van der Waals surface area contributed by atoms with Crippen LogP contribution < -0.4 is 47.7 Å². The van der Waals surface area contributed by atoms with Gasteiger partial charge in [0, 0.05) is 6.26 Å². The summed E-state index contributed by atoms with van der Waals surface area (Å²) in [5, 5.41) is 12.9. The van der Waals surface area contributed by atoms with Crippen LogP contribution in [0.25, 0.3) is 0 Å². The quantitative estimate of drug-likeness (QED) is 0.0828. The molecule has 0 atom stereocenters. The number of rotatable bonds is 9. The zero-order chi connectivity index (χ0) is 43.2. The average Bonchev–Trinajstić information content (AvgIpc) is 3.32. The van der Waals surface area contributed by atoms with Crippen molar-refractivity contribution in [1.29, 1.82) is 0 Å². The predicted octanol–water partition coefficient (Wildman–Crippen LogP) is 8.69. The van der Waals surface area contributed by atoms with Crippen LogP contribution in [-0.4, -0.2) is 19.2 Å². The van der Waals surface area contributed by atoms with E-state index in [4.69, 9.17) is 13.0 Å². The van der Waals surface area contributed by atoms with E-state index in [-0.39, 0.29) is 17.1 Å². The molecule has 0 heterocycles. The number of hydrogen-bond acceptors (Lipinski definition) is 3. The molecule has 3 nitrogen and oxygen atoms in total. The van der Waals surface area contributed by atoms with E-state index in [1.54, 1.807) is 0 Å². The Bertz CT molecular complexity index is 2120. The van der Waals surface area contributed by atoms with Gasteiger partial charge in [0.15, 0.2) is 0 Å². The summed E-state index contributed by atoms with van der Waals surface area (Å²) in [4.78, 5) is 0. The van der Waals surface area contributed by atoms with E-state index in [1.165, 1.54) is 47.7 Å². The van der Waals surface area contributed by atoms with Gasteiger partial charge in [0.25, 0.3) is 0 Å². The van der Waals surface area contributed by atoms with Crippen LogP contribution in [0.4, 0.5) is 0 Å². The Morgan fingerprint density at radius 2 is 0.333 bits per heavy atom. The van der Waals surface area contributed by atoms with E-state index in [0.29, 0.717) is 6.26 Å². The standard InChI is InChI=1S/3C18H15P.CH4O3S.Cu/c3*1-4-10-16(11-5-1)19(17-12-6-2-7-13-17)18-14-8-3-9-15-18;1-5(2,3)4;/h3*1-15H;1H3,(H,2,3,4);/q;;;;+1/p+2. The topological polar surface area (TPSA) is 57.2 Å². The Kier molecular flexibility index (Phi) is 20.4. The minimum absolute atomic E-state index is 0. The Labute approximate surface area is 388 Å². The van der Waals surface area contributed by atoms with Crippen LogP contribution in [0.5, 0.6) is 0 Å². The molecule has 0 fully saturated rings. The molecule has 9 rings (SSSR count). The average molecular weight is 949 g/mol. The Morgan fingerprint density at radius 1 is 0.254 bits per heavy atom. The molecule has 0 amide bonds. The van der Waals surface area contributed by atoms with Crippen LogP contribution in [0.2, 0.25) is 0 Å². The van der Waals surface area contributed by atoms with Gasteiger partial charge in [-0.1, -0.05) is 164 Å². The molecule has 9 aromatic rings. The first-order chi connectivity index (χ1) is 30.3. The molecule has 0 aliphatic rings. The molecule has 0 saturated carbocycles. The maximum atomic E-state index is 9.08. The fourth-order valence-electron chi connectivity index (χ4n) is 6.94. The van der Waals surface area contributed by atoms with Crippen LogP contribution in [0.15, 0.2) is 273 Å². The zero-order valence-electron chi connectivity index (χ0n) is 34.9. The number of hydrogen-bond donors (Lipinski definition) is 0. The van der Waals surface area contributed by atoms with Gasteiger partial charge in [0.2, 0.25) is 0 Å². The Balaban J connectivity index is 0.000000168. The summed E-state index contributed by atoms with van der Waals surface area (Å²) in [6.45, 7) is 0. The second-order valence-corrected chi connectivity index (χ2v) is 23.0. The summed E-state index contributed by atoms with van der Waals surface area (Å²) in [5.74, 6) is 0. The SMILES string of the molecule is CS(=O)(=O)[O-].[Cu+].c1ccc([PH+](c2ccccc2)c2ccccc2)cc1.c1ccc([PH+](c2ccccc2)c2ccccc2)cc1.c1ccc([PH+](c2ccccc2)c2ccccc2)cc1. The van der Waals surface area contributed by atoms with Gasteiger partial charge in [0.05, 0.1) is 33.9 Å². The van der Waals surface area contributed by atoms with Crippen molar-refractivity contribution >= 4 is 81.6 Å². The van der Waals surface area contributed by atoms with Crippen molar-refractivity contribution in [2.45, 2.75) is 0 Å². The van der Waals surface area contributed by atoms with Crippen molar-refractivity contribution < 1.29 is 30.0 Å². The summed E-state index contributed by atoms with van der Waals surface area (Å²) in [6.07, 6.45) is 0.604. The van der Waals surface area contributed by atoms with Crippen molar-refractivity contribution in [2.24, 2.45) is 0 Å². The maximum Gasteiger partial charge on any atom is 1.00 e. The molecule has 0 spiro atoms. The van der Waals surface area contributed by atoms with Crippen molar-refractivity contribution in [3.63, 3.8) is 0 Å². The van der Waals surface area contributed by atoms with E-state index in [1.807, 2.05) is 0 Å². The van der Waals surface area contributed by atoms with Gasteiger partial charge in [-0.25, -0.2) is 8.42 Å². The van der Waals surface area contributed by atoms with E-state index in [2.05, 4.69) is 273 Å². The summed E-state index contributed by atoms with van der Waals surface area (Å²) in [5.41, 5.74) is 0. The van der Waals surface area contributed by atoms with Crippen LogP contribution in [-0.2, 0) is 27.2 Å². The van der Waals surface area contributed by atoms with Gasteiger partial charge in [-0.2, -0.15) is 0 Å². The normalized spacial score (nSPS) is 10.5. The van der Waals surface area contributed by atoms with E-state index < -0.39 is 33.9 Å². The Morgan fingerprint density at radius 3 is 0.413 bits per heavy atom. The van der Waals surface area contributed by atoms with Crippen molar-refractivity contribution in [3.05, 3.63) is 273 Å². The summed E-state index contributed by atoms with van der Waals surface area (Å²) >= 11 is 0. The first kappa shape index (κ1) is 48.7. The van der Waals surface area contributed by atoms with Crippen molar-refractivity contribution in [2.75, 3.05) is 6.26 Å². The molecule has 9 aromatic carbocycles. The molecule has 0 N–H and O–H groups in total. The third-order valence-electron chi connectivity index (χ3n) is 9.56. The van der Waals surface area contributed by atoms with E-state index in [0.717, 1.165) is 0 Å². The molecule has 0 aromatic heterocycles. The largest absolute Gasteiger partial charge is 1.00 e. The third kappa shape index (κ3) is 16.1. The monoisotopic (exact) mass is 947 g/mol. The molecular weight excluding hydrogens is 897 g/mol. The molecule has 8 heteroatoms. The minimum atomic E-state index is -3.92. The van der Waals surface area contributed by atoms with Gasteiger partial charge in [-0.3, -0.25) is 0 Å². The van der Waals surface area contributed by atoms with Gasteiger partial charge in [-0.05, 0) is 109 Å². The van der Waals surface area contributed by atoms with Crippen LogP contribution in [0.3, 0.4) is 0 Å². The molecule has 318 valence electrons. The van der Waals surface area contributed by atoms with E-state index >= 15 is 0 Å². The fourth-order valence-corrected chi connectivity index (χ4v) is 14.7. The Hall–Kier alpha value is -5.30. The smallest absolute Gasteiger partial charge is 0.748 e. The molecule has 0 bridgehead atoms. The van der Waals surface area contributed by atoms with E-state index in [9.17, 15) is 0 Å². The van der Waals surface area contributed by atoms with Crippen LogP contribution in [0.1, 0.15) is 0 Å². The summed E-state index contributed by atoms with van der Waals surface area (Å²) < 4.78 is 27.2. The molecule has 0 aliphatic heterocycles. The van der Waals surface area contributed by atoms with Crippen molar-refractivity contribution in [3.8, 4) is 0 Å². The molecule has 0 unspecified atom stereocenters. The summed E-state index contributed by atoms with van der Waals surface area (Å²) in [7, 11) is -6.55. The number of benzene rings is 9. The van der Waals surface area contributed by atoms with Crippen LogP contribution in [0, 0.1) is 0 Å². The predicted molar refractivity (Wildman–Crippen MR) is 275 cm³/mol. The molecule has 0 radical (unpaired) electrons. The minimum Gasteiger partial charge on any atom is -0.748 e. The first-order valence-electron chi connectivity index (χ1n) is 20.4. The summed E-state index contributed by atoms with van der Waals surface area (Å²) in [6, 6.07) is 97.5. The van der Waals surface area contributed by atoms with Crippen molar-refractivity contribution in [1.82, 2.24) is 0 Å². The molecular formula is C55H51CuO3P3S+3. The van der Waals surface area contributed by atoms with Gasteiger partial charge >= 0.3 is 17.1 Å². The molecule has 0 aliphatic carbocycles. The van der Waals surface area contributed by atoms with Gasteiger partial charge < -0.3 is 4.55 Å². The van der Waals surface area contributed by atoms with Gasteiger partial charge in [0.1, 0.15) is 47.7 Å². The van der Waals surface area contributed by atoms with Gasteiger partial charge in [-0.15, -0.1) is 0 Å².